The lowest BCUT2D eigenvalue weighted by atomic mass is 10.3. The molecule has 0 unspecified atom stereocenters. The molecule has 0 aliphatic rings. The van der Waals surface area contributed by atoms with E-state index in [4.69, 9.17) is 15.9 Å². The van der Waals surface area contributed by atoms with E-state index in [0.717, 1.165) is 36.5 Å². The summed E-state index contributed by atoms with van der Waals surface area (Å²) in [6, 6.07) is 4.64. The number of hydrogen-bond acceptors (Lipinski definition) is 9. The maximum Gasteiger partial charge on any atom is 0.573 e. The van der Waals surface area contributed by atoms with E-state index in [-0.39, 0.29) is 27.1 Å². The minimum atomic E-state index is -4.91. The van der Waals surface area contributed by atoms with E-state index in [1.165, 1.54) is 0 Å². The van der Waals surface area contributed by atoms with Crippen LogP contribution in [-0.2, 0) is 9.84 Å². The van der Waals surface area contributed by atoms with Crippen LogP contribution < -0.4 is 16.2 Å². The summed E-state index contributed by atoms with van der Waals surface area (Å²) in [5, 5.41) is 6.93. The molecule has 0 fully saturated rings. The zero-order chi connectivity index (χ0) is 21.4. The van der Waals surface area contributed by atoms with Crippen LogP contribution in [0.4, 0.5) is 18.9 Å². The van der Waals surface area contributed by atoms with E-state index >= 15 is 0 Å². The van der Waals surface area contributed by atoms with Crippen molar-refractivity contribution < 1.29 is 35.5 Å². The van der Waals surface area contributed by atoms with Crippen LogP contribution in [0.15, 0.2) is 50.7 Å². The minimum absolute atomic E-state index is 0.0853. The van der Waals surface area contributed by atoms with Gasteiger partial charge in [0.25, 0.3) is 5.89 Å². The number of carbonyl (C=O) groups is 1. The number of nitrogens with two attached hydrogens (primary N) is 2. The number of ether oxygens (including phenoxy) is 1. The van der Waals surface area contributed by atoms with E-state index in [0.29, 0.717) is 0 Å². The van der Waals surface area contributed by atoms with Crippen LogP contribution in [0.3, 0.4) is 0 Å². The molecular weight excluding hydrogens is 419 g/mol. The van der Waals surface area contributed by atoms with Gasteiger partial charge in [-0.15, -0.1) is 23.4 Å². The molecule has 0 saturated heterocycles. The zero-order valence-electron chi connectivity index (χ0n) is 14.0. The highest BCUT2D eigenvalue weighted by atomic mass is 32.2. The molecular formula is C15H10F3N5O5S. The molecule has 0 aliphatic carbocycles. The van der Waals surface area contributed by atoms with Crippen LogP contribution in [0, 0.1) is 0 Å². The lowest BCUT2D eigenvalue weighted by Gasteiger charge is -2.10. The standard InChI is InChI=1S/C15H10F3N5O5S/c16-15(17,18)28-7-1-3-8(4-2-7)29(25,26)9-5-10(19)11(21-6-9)13-22-23-14(27-13)12(20)24/h1-6H,19H2,(H2,20,24). The van der Waals surface area contributed by atoms with Gasteiger partial charge >= 0.3 is 18.2 Å². The molecule has 14 heteroatoms. The maximum absolute atomic E-state index is 12.7. The van der Waals surface area contributed by atoms with Crippen molar-refractivity contribution in [1.82, 2.24) is 15.2 Å². The number of nitrogens with zero attached hydrogens (tertiary/aromatic N) is 3. The van der Waals surface area contributed by atoms with Gasteiger partial charge in [0.2, 0.25) is 9.84 Å². The average molecular weight is 429 g/mol. The van der Waals surface area contributed by atoms with E-state index in [9.17, 15) is 26.4 Å². The number of halogens is 3. The maximum atomic E-state index is 12.7. The number of sulfone groups is 1. The fourth-order valence-electron chi connectivity index (χ4n) is 2.16. The Morgan fingerprint density at radius 1 is 1.10 bits per heavy atom. The van der Waals surface area contributed by atoms with Gasteiger partial charge in [-0.3, -0.25) is 4.79 Å². The number of alkyl halides is 3. The molecule has 3 rings (SSSR count). The normalized spacial score (nSPS) is 12.0. The van der Waals surface area contributed by atoms with E-state index in [1.807, 2.05) is 0 Å². The first-order chi connectivity index (χ1) is 13.5. The third-order valence-corrected chi connectivity index (χ3v) is 5.14. The van der Waals surface area contributed by atoms with Crippen molar-refractivity contribution in [2.75, 3.05) is 5.73 Å². The SMILES string of the molecule is NC(=O)c1nnc(-c2ncc(S(=O)(=O)c3ccc(OC(F)(F)F)cc3)cc2N)o1. The Hall–Kier alpha value is -3.68. The molecule has 0 saturated carbocycles. The van der Waals surface area contributed by atoms with Gasteiger partial charge in [-0.25, -0.2) is 13.4 Å². The fraction of sp³-hybridized carbons (Fsp3) is 0.0667. The quantitative estimate of drug-likeness (QED) is 0.612. The van der Waals surface area contributed by atoms with E-state index in [1.54, 1.807) is 0 Å². The van der Waals surface area contributed by atoms with Crippen LogP contribution in [-0.4, -0.2) is 35.9 Å². The van der Waals surface area contributed by atoms with Crippen molar-refractivity contribution in [3.05, 3.63) is 42.4 Å². The summed E-state index contributed by atoms with van der Waals surface area (Å²) in [6.07, 6.45) is -3.97. The number of hydrogen-bond donors (Lipinski definition) is 2. The number of nitrogen functional groups attached to an aromatic ring is 1. The van der Waals surface area contributed by atoms with Gasteiger partial charge in [-0.05, 0) is 30.3 Å². The fourth-order valence-corrected chi connectivity index (χ4v) is 3.40. The van der Waals surface area contributed by atoms with Gasteiger partial charge in [-0.1, -0.05) is 0 Å². The predicted octanol–water partition coefficient (Wildman–Crippen LogP) is 1.54. The molecule has 2 aromatic heterocycles. The highest BCUT2D eigenvalue weighted by molar-refractivity contribution is 7.91. The van der Waals surface area contributed by atoms with Gasteiger partial charge in [0.1, 0.15) is 5.75 Å². The Morgan fingerprint density at radius 2 is 1.76 bits per heavy atom. The molecule has 0 atom stereocenters. The lowest BCUT2D eigenvalue weighted by molar-refractivity contribution is -0.274. The molecule has 4 N–H and O–H groups in total. The Bertz CT molecular complexity index is 1180. The summed E-state index contributed by atoms with van der Waals surface area (Å²) >= 11 is 0. The average Bonchev–Trinajstić information content (AvgIpc) is 3.11. The first-order valence-corrected chi connectivity index (χ1v) is 8.96. The van der Waals surface area contributed by atoms with Crippen molar-refractivity contribution in [1.29, 1.82) is 0 Å². The summed E-state index contributed by atoms with van der Waals surface area (Å²) < 4.78 is 70.6. The lowest BCUT2D eigenvalue weighted by Crippen LogP contribution is -2.17. The number of benzene rings is 1. The topological polar surface area (TPSA) is 164 Å². The summed E-state index contributed by atoms with van der Waals surface area (Å²) in [4.78, 5) is 14.2. The smallest absolute Gasteiger partial charge is 0.411 e. The van der Waals surface area contributed by atoms with Crippen molar-refractivity contribution in [2.24, 2.45) is 5.73 Å². The molecule has 152 valence electrons. The van der Waals surface area contributed by atoms with Crippen molar-refractivity contribution in [3.63, 3.8) is 0 Å². The molecule has 2 heterocycles. The van der Waals surface area contributed by atoms with Crippen LogP contribution in [0.5, 0.6) is 5.75 Å². The molecule has 1 aromatic carbocycles. The number of anilines is 1. The summed E-state index contributed by atoms with van der Waals surface area (Å²) in [5.41, 5.74) is 10.5. The Morgan fingerprint density at radius 3 is 2.28 bits per heavy atom. The second kappa shape index (κ2) is 7.05. The number of pyridine rings is 1. The largest absolute Gasteiger partial charge is 0.573 e. The van der Waals surface area contributed by atoms with Gasteiger partial charge < -0.3 is 20.6 Å². The number of aromatic nitrogens is 3. The number of amides is 1. The summed E-state index contributed by atoms with van der Waals surface area (Å²) in [5.74, 6) is -2.29. The molecule has 10 nitrogen and oxygen atoms in total. The Kier molecular flexibility index (Phi) is 4.88. The summed E-state index contributed by atoms with van der Waals surface area (Å²) in [6.45, 7) is 0. The molecule has 29 heavy (non-hydrogen) atoms. The van der Waals surface area contributed by atoms with Crippen molar-refractivity contribution in [3.8, 4) is 17.3 Å². The highest BCUT2D eigenvalue weighted by Gasteiger charge is 2.31. The molecule has 1 amide bonds. The monoisotopic (exact) mass is 429 g/mol. The van der Waals surface area contributed by atoms with Crippen LogP contribution in [0.1, 0.15) is 10.7 Å². The highest BCUT2D eigenvalue weighted by Crippen LogP contribution is 2.29. The van der Waals surface area contributed by atoms with Gasteiger partial charge in [-0.2, -0.15) is 0 Å². The number of rotatable bonds is 5. The summed E-state index contributed by atoms with van der Waals surface area (Å²) in [7, 11) is -4.15. The second-order valence-electron chi connectivity index (χ2n) is 5.41. The van der Waals surface area contributed by atoms with Gasteiger partial charge in [0, 0.05) is 6.20 Å². The van der Waals surface area contributed by atoms with Crippen LogP contribution >= 0.6 is 0 Å². The zero-order valence-corrected chi connectivity index (χ0v) is 14.9. The molecule has 0 bridgehead atoms. The van der Waals surface area contributed by atoms with E-state index < -0.39 is 33.7 Å². The van der Waals surface area contributed by atoms with Crippen molar-refractivity contribution in [2.45, 2.75) is 16.2 Å². The first kappa shape index (κ1) is 20.1. The molecule has 0 spiro atoms. The Labute approximate surface area is 160 Å². The van der Waals surface area contributed by atoms with Crippen molar-refractivity contribution >= 4 is 21.4 Å². The molecule has 0 aliphatic heterocycles. The van der Waals surface area contributed by atoms with Crippen LogP contribution in [0.2, 0.25) is 0 Å². The molecule has 3 aromatic rings. The Balaban J connectivity index is 1.91. The first-order valence-electron chi connectivity index (χ1n) is 7.47. The minimum Gasteiger partial charge on any atom is -0.411 e. The third kappa shape index (κ3) is 4.26. The van der Waals surface area contributed by atoms with Gasteiger partial charge in [0.15, 0.2) is 5.69 Å². The second-order valence-corrected chi connectivity index (χ2v) is 7.36. The number of primary amides is 1. The predicted molar refractivity (Wildman–Crippen MR) is 89.0 cm³/mol. The number of carbonyl (C=O) groups excluding carboxylic acids is 1. The van der Waals surface area contributed by atoms with E-state index in [2.05, 4.69) is 19.9 Å². The van der Waals surface area contributed by atoms with Gasteiger partial charge in [0.05, 0.1) is 15.5 Å². The third-order valence-electron chi connectivity index (χ3n) is 3.41. The molecule has 0 radical (unpaired) electrons. The van der Waals surface area contributed by atoms with Crippen LogP contribution in [0.25, 0.3) is 11.6 Å².